The molecule has 1 aliphatic rings. The molecule has 1 fully saturated rings. The molecule has 230 valence electrons. The largest absolute Gasteiger partial charge is 0.493 e. The lowest BCUT2D eigenvalue weighted by Crippen LogP contribution is -2.33. The van der Waals surface area contributed by atoms with E-state index in [0.29, 0.717) is 46.5 Å². The molecule has 3 aromatic heterocycles. The topological polar surface area (TPSA) is 146 Å². The average Bonchev–Trinajstić information content (AvgIpc) is 3.80. The van der Waals surface area contributed by atoms with Gasteiger partial charge in [0.05, 0.1) is 56.3 Å². The molecule has 4 heterocycles. The van der Waals surface area contributed by atoms with E-state index in [1.165, 1.54) is 10.2 Å². The summed E-state index contributed by atoms with van der Waals surface area (Å²) in [5.41, 5.74) is 2.45. The molecule has 0 aliphatic carbocycles. The first-order valence-corrected chi connectivity index (χ1v) is 15.4. The number of nitrogens with one attached hydrogen (secondary N) is 1. The molecule has 5 aromatic rings. The fraction of sp³-hybridized carbons (Fsp3) is 0.300. The molecular formula is C30H33N7O6S. The second-order valence-electron chi connectivity index (χ2n) is 10.4. The molecule has 0 spiro atoms. The van der Waals surface area contributed by atoms with Gasteiger partial charge >= 0.3 is 0 Å². The predicted octanol–water partition coefficient (Wildman–Crippen LogP) is 3.89. The number of aryl methyl sites for hydroxylation is 1. The third-order valence-electron chi connectivity index (χ3n) is 7.69. The maximum Gasteiger partial charge on any atom is 0.268 e. The van der Waals surface area contributed by atoms with Crippen LogP contribution in [0.2, 0.25) is 0 Å². The Labute approximate surface area is 254 Å². The van der Waals surface area contributed by atoms with E-state index in [4.69, 9.17) is 19.2 Å². The van der Waals surface area contributed by atoms with Crippen molar-refractivity contribution in [1.29, 1.82) is 0 Å². The van der Waals surface area contributed by atoms with Crippen LogP contribution in [-0.2, 0) is 10.0 Å². The molecule has 0 bridgehead atoms. The summed E-state index contributed by atoms with van der Waals surface area (Å²) in [7, 11) is 0.693. The van der Waals surface area contributed by atoms with E-state index >= 15 is 0 Å². The number of nitrogens with zero attached hydrogens (tertiary/aromatic N) is 6. The number of hydrogen-bond acceptors (Lipinski definition) is 11. The molecular weight excluding hydrogens is 586 g/mol. The molecule has 1 saturated heterocycles. The van der Waals surface area contributed by atoms with Crippen molar-refractivity contribution in [3.05, 3.63) is 66.7 Å². The van der Waals surface area contributed by atoms with Gasteiger partial charge in [-0.1, -0.05) is 17.7 Å². The zero-order valence-corrected chi connectivity index (χ0v) is 25.6. The number of anilines is 3. The normalized spacial score (nSPS) is 15.1. The molecule has 6 rings (SSSR count). The summed E-state index contributed by atoms with van der Waals surface area (Å²) < 4.78 is 46.9. The smallest absolute Gasteiger partial charge is 0.268 e. The van der Waals surface area contributed by atoms with Crippen molar-refractivity contribution in [3.8, 4) is 22.9 Å². The Morgan fingerprint density at radius 1 is 1.02 bits per heavy atom. The van der Waals surface area contributed by atoms with Crippen LogP contribution in [0.4, 0.5) is 17.6 Å². The van der Waals surface area contributed by atoms with E-state index in [0.717, 1.165) is 24.1 Å². The van der Waals surface area contributed by atoms with E-state index in [1.807, 2.05) is 11.8 Å². The Kier molecular flexibility index (Phi) is 7.78. The molecule has 14 heteroatoms. The Balaban J connectivity index is 1.40. The number of aromatic nitrogens is 5. The predicted molar refractivity (Wildman–Crippen MR) is 165 cm³/mol. The van der Waals surface area contributed by atoms with Gasteiger partial charge in [0.25, 0.3) is 10.0 Å². The van der Waals surface area contributed by atoms with E-state index in [9.17, 15) is 13.5 Å². The SMILES string of the molecule is COc1cc(-n2cnc(Nc3nc(N4CCCC4CO)c4c(ccn4S(=O)(=O)c4ccc(C)cc4)n3)c2)cc(OC)c1OC. The summed E-state index contributed by atoms with van der Waals surface area (Å²) >= 11 is 0. The van der Waals surface area contributed by atoms with Crippen LogP contribution in [0, 0.1) is 6.92 Å². The lowest BCUT2D eigenvalue weighted by molar-refractivity contribution is 0.266. The van der Waals surface area contributed by atoms with Crippen LogP contribution >= 0.6 is 0 Å². The van der Waals surface area contributed by atoms with Gasteiger partial charge in [0.15, 0.2) is 23.1 Å². The number of aliphatic hydroxyl groups is 1. The van der Waals surface area contributed by atoms with Gasteiger partial charge in [0.1, 0.15) is 11.8 Å². The van der Waals surface area contributed by atoms with Crippen LogP contribution in [0.1, 0.15) is 18.4 Å². The van der Waals surface area contributed by atoms with E-state index in [1.54, 1.807) is 80.9 Å². The molecule has 2 N–H and O–H groups in total. The monoisotopic (exact) mass is 619 g/mol. The third kappa shape index (κ3) is 5.15. The van der Waals surface area contributed by atoms with Crippen molar-refractivity contribution >= 4 is 38.6 Å². The van der Waals surface area contributed by atoms with E-state index in [2.05, 4.69) is 15.3 Å². The molecule has 13 nitrogen and oxygen atoms in total. The van der Waals surface area contributed by atoms with Crippen molar-refractivity contribution in [3.63, 3.8) is 0 Å². The minimum absolute atomic E-state index is 0.0845. The number of ether oxygens (including phenoxy) is 3. The van der Waals surface area contributed by atoms with Crippen molar-refractivity contribution in [2.75, 3.05) is 44.7 Å². The second kappa shape index (κ2) is 11.7. The summed E-state index contributed by atoms with van der Waals surface area (Å²) in [6, 6.07) is 11.7. The van der Waals surface area contributed by atoms with Crippen LogP contribution in [0.25, 0.3) is 16.7 Å². The van der Waals surface area contributed by atoms with Crippen LogP contribution in [0.15, 0.2) is 66.1 Å². The zero-order chi connectivity index (χ0) is 31.0. The summed E-state index contributed by atoms with van der Waals surface area (Å²) in [4.78, 5) is 16.0. The summed E-state index contributed by atoms with van der Waals surface area (Å²) in [5, 5.41) is 13.3. The highest BCUT2D eigenvalue weighted by Gasteiger charge is 2.31. The van der Waals surface area contributed by atoms with E-state index in [-0.39, 0.29) is 23.5 Å². The highest BCUT2D eigenvalue weighted by Crippen LogP contribution is 2.39. The van der Waals surface area contributed by atoms with Gasteiger partial charge < -0.3 is 34.1 Å². The maximum absolute atomic E-state index is 13.8. The second-order valence-corrected chi connectivity index (χ2v) is 12.2. The Hall–Kier alpha value is -4.82. The Bertz CT molecular complexity index is 1900. The lowest BCUT2D eigenvalue weighted by Gasteiger charge is -2.25. The molecule has 44 heavy (non-hydrogen) atoms. The van der Waals surface area contributed by atoms with Gasteiger partial charge in [0.2, 0.25) is 11.7 Å². The van der Waals surface area contributed by atoms with Crippen LogP contribution in [-0.4, -0.2) is 77.5 Å². The van der Waals surface area contributed by atoms with Gasteiger partial charge in [-0.25, -0.2) is 22.4 Å². The van der Waals surface area contributed by atoms with Crippen LogP contribution < -0.4 is 24.4 Å². The number of rotatable bonds is 10. The Morgan fingerprint density at radius 3 is 2.41 bits per heavy atom. The fourth-order valence-electron chi connectivity index (χ4n) is 5.44. The van der Waals surface area contributed by atoms with Gasteiger partial charge in [-0.15, -0.1) is 0 Å². The first-order valence-electron chi connectivity index (χ1n) is 14.0. The number of imidazole rings is 1. The highest BCUT2D eigenvalue weighted by molar-refractivity contribution is 7.90. The average molecular weight is 620 g/mol. The number of benzene rings is 2. The lowest BCUT2D eigenvalue weighted by atomic mass is 10.2. The maximum atomic E-state index is 13.8. The molecule has 2 aromatic carbocycles. The number of aliphatic hydroxyl groups excluding tert-OH is 1. The van der Waals surface area contributed by atoms with Crippen molar-refractivity contribution in [2.24, 2.45) is 0 Å². The van der Waals surface area contributed by atoms with Gasteiger partial charge in [-0.2, -0.15) is 4.98 Å². The number of fused-ring (bicyclic) bond motifs is 1. The standard InChI is InChI=1S/C30H33N7O6S/c1-19-7-9-22(10-8-19)44(39,40)37-13-11-23-27(37)29(36-12-5-6-20(36)17-38)34-30(32-23)33-26-16-35(18-31-26)21-14-24(41-2)28(43-4)25(15-21)42-3/h7-11,13-16,18,20,38H,5-6,12,17H2,1-4H3,(H,32,33,34). The fourth-order valence-corrected chi connectivity index (χ4v) is 6.79. The molecule has 1 unspecified atom stereocenters. The minimum atomic E-state index is -3.95. The van der Waals surface area contributed by atoms with Gasteiger partial charge in [-0.05, 0) is 38.0 Å². The molecule has 1 aliphatic heterocycles. The summed E-state index contributed by atoms with van der Waals surface area (Å²) in [5.74, 6) is 2.58. The number of hydrogen-bond donors (Lipinski definition) is 2. The Morgan fingerprint density at radius 2 is 1.75 bits per heavy atom. The molecule has 1 atom stereocenters. The first kappa shape index (κ1) is 29.3. The highest BCUT2D eigenvalue weighted by atomic mass is 32.2. The molecule has 0 amide bonds. The van der Waals surface area contributed by atoms with Crippen molar-refractivity contribution in [1.82, 2.24) is 23.5 Å². The zero-order valence-electron chi connectivity index (χ0n) is 24.8. The van der Waals surface area contributed by atoms with Gasteiger partial charge in [-0.3, -0.25) is 0 Å². The summed E-state index contributed by atoms with van der Waals surface area (Å²) in [6.45, 7) is 2.43. The minimum Gasteiger partial charge on any atom is -0.493 e. The van der Waals surface area contributed by atoms with Crippen molar-refractivity contribution < 1.29 is 27.7 Å². The molecule has 0 radical (unpaired) electrons. The number of methoxy groups -OCH3 is 3. The third-order valence-corrected chi connectivity index (χ3v) is 9.38. The first-order chi connectivity index (χ1) is 21.3. The van der Waals surface area contributed by atoms with Crippen molar-refractivity contribution in [2.45, 2.75) is 30.7 Å². The van der Waals surface area contributed by atoms with Gasteiger partial charge in [0, 0.05) is 24.9 Å². The van der Waals surface area contributed by atoms with Crippen LogP contribution in [0.5, 0.6) is 17.2 Å². The quantitative estimate of drug-likeness (QED) is 0.235. The van der Waals surface area contributed by atoms with E-state index < -0.39 is 10.0 Å². The van der Waals surface area contributed by atoms with Crippen LogP contribution in [0.3, 0.4) is 0 Å². The molecule has 0 saturated carbocycles. The summed E-state index contributed by atoms with van der Waals surface area (Å²) in [6.07, 6.45) is 6.47.